The third-order valence-corrected chi connectivity index (χ3v) is 3.32. The van der Waals surface area contributed by atoms with Gasteiger partial charge in [-0.2, -0.15) is 0 Å². The molecule has 1 atom stereocenters. The molecule has 1 aromatic heterocycles. The molecule has 1 saturated heterocycles. The first-order valence-corrected chi connectivity index (χ1v) is 6.07. The van der Waals surface area contributed by atoms with Crippen LogP contribution >= 0.6 is 15.9 Å². The molecule has 1 aromatic rings. The highest BCUT2D eigenvalue weighted by atomic mass is 79.9. The van der Waals surface area contributed by atoms with Gasteiger partial charge in [-0.3, -0.25) is 4.79 Å². The Bertz CT molecular complexity index is 385. The standard InChI is InChI=1S/C11H14BrN3O/c1-11(5-2-6-14-11)10(16)15-8-3-4-9(12)13-7-8/h3-4,7,14H,2,5-6H2,1H3,(H,15,16). The van der Waals surface area contributed by atoms with E-state index < -0.39 is 5.54 Å². The molecule has 4 nitrogen and oxygen atoms in total. The summed E-state index contributed by atoms with van der Waals surface area (Å²) in [7, 11) is 0. The molecular weight excluding hydrogens is 270 g/mol. The largest absolute Gasteiger partial charge is 0.323 e. The van der Waals surface area contributed by atoms with Crippen LogP contribution in [0.1, 0.15) is 19.8 Å². The lowest BCUT2D eigenvalue weighted by atomic mass is 9.99. The van der Waals surface area contributed by atoms with Crippen LogP contribution in [0.5, 0.6) is 0 Å². The second-order valence-electron chi connectivity index (χ2n) is 4.19. The van der Waals surface area contributed by atoms with E-state index in [2.05, 4.69) is 31.5 Å². The van der Waals surface area contributed by atoms with Gasteiger partial charge in [0.05, 0.1) is 17.4 Å². The second-order valence-corrected chi connectivity index (χ2v) is 5.00. The lowest BCUT2D eigenvalue weighted by Crippen LogP contribution is -2.47. The molecule has 16 heavy (non-hydrogen) atoms. The number of pyridine rings is 1. The van der Waals surface area contributed by atoms with E-state index in [-0.39, 0.29) is 5.91 Å². The van der Waals surface area contributed by atoms with Crippen molar-refractivity contribution in [1.82, 2.24) is 10.3 Å². The summed E-state index contributed by atoms with van der Waals surface area (Å²) in [5.74, 6) is 0.00845. The summed E-state index contributed by atoms with van der Waals surface area (Å²) in [5.41, 5.74) is 0.288. The van der Waals surface area contributed by atoms with E-state index in [4.69, 9.17) is 0 Å². The highest BCUT2D eigenvalue weighted by Crippen LogP contribution is 2.20. The quantitative estimate of drug-likeness (QED) is 0.816. The molecule has 0 spiro atoms. The number of anilines is 1. The molecule has 0 saturated carbocycles. The Labute approximate surface area is 103 Å². The van der Waals surface area contributed by atoms with Crippen molar-refractivity contribution >= 4 is 27.5 Å². The average molecular weight is 284 g/mol. The highest BCUT2D eigenvalue weighted by Gasteiger charge is 2.35. The SMILES string of the molecule is CC1(C(=O)Nc2ccc(Br)nc2)CCCN1. The summed E-state index contributed by atoms with van der Waals surface area (Å²) >= 11 is 3.25. The Hall–Kier alpha value is -0.940. The van der Waals surface area contributed by atoms with Gasteiger partial charge >= 0.3 is 0 Å². The van der Waals surface area contributed by atoms with Crippen LogP contribution in [0.2, 0.25) is 0 Å². The Morgan fingerprint density at radius 1 is 1.62 bits per heavy atom. The molecule has 0 aromatic carbocycles. The van der Waals surface area contributed by atoms with Gasteiger partial charge in [0.15, 0.2) is 0 Å². The van der Waals surface area contributed by atoms with Crippen molar-refractivity contribution in [2.45, 2.75) is 25.3 Å². The van der Waals surface area contributed by atoms with Gasteiger partial charge < -0.3 is 10.6 Å². The Balaban J connectivity index is 2.04. The Morgan fingerprint density at radius 2 is 2.44 bits per heavy atom. The fourth-order valence-corrected chi connectivity index (χ4v) is 2.04. The number of halogens is 1. The first-order valence-electron chi connectivity index (χ1n) is 5.28. The van der Waals surface area contributed by atoms with E-state index in [1.807, 2.05) is 13.0 Å². The molecule has 0 aliphatic carbocycles. The maximum Gasteiger partial charge on any atom is 0.244 e. The van der Waals surface area contributed by atoms with Gasteiger partial charge in [0.25, 0.3) is 0 Å². The number of hydrogen-bond acceptors (Lipinski definition) is 3. The van der Waals surface area contributed by atoms with Crippen LogP contribution in [-0.2, 0) is 4.79 Å². The van der Waals surface area contributed by atoms with Crippen molar-refractivity contribution in [1.29, 1.82) is 0 Å². The lowest BCUT2D eigenvalue weighted by molar-refractivity contribution is -0.121. The maximum absolute atomic E-state index is 12.0. The third kappa shape index (κ3) is 2.41. The first kappa shape index (κ1) is 11.5. The van der Waals surface area contributed by atoms with Crippen molar-refractivity contribution < 1.29 is 4.79 Å². The third-order valence-electron chi connectivity index (χ3n) is 2.86. The van der Waals surface area contributed by atoms with Crippen LogP contribution in [0.3, 0.4) is 0 Å². The molecular formula is C11H14BrN3O. The predicted molar refractivity (Wildman–Crippen MR) is 66.2 cm³/mol. The number of carbonyl (C=O) groups is 1. The molecule has 86 valence electrons. The summed E-state index contributed by atoms with van der Waals surface area (Å²) < 4.78 is 0.760. The zero-order valence-corrected chi connectivity index (χ0v) is 10.7. The molecule has 0 bridgehead atoms. The zero-order valence-electron chi connectivity index (χ0n) is 9.09. The average Bonchev–Trinajstić information content (AvgIpc) is 2.70. The van der Waals surface area contributed by atoms with Crippen molar-refractivity contribution in [3.8, 4) is 0 Å². The molecule has 1 amide bonds. The van der Waals surface area contributed by atoms with Crippen LogP contribution in [0.15, 0.2) is 22.9 Å². The molecule has 2 N–H and O–H groups in total. The molecule has 2 heterocycles. The smallest absolute Gasteiger partial charge is 0.244 e. The summed E-state index contributed by atoms with van der Waals surface area (Å²) in [4.78, 5) is 16.1. The van der Waals surface area contributed by atoms with Crippen LogP contribution < -0.4 is 10.6 Å². The lowest BCUT2D eigenvalue weighted by Gasteiger charge is -2.22. The van der Waals surface area contributed by atoms with Crippen LogP contribution in [0.4, 0.5) is 5.69 Å². The zero-order chi connectivity index (χ0) is 11.6. The van der Waals surface area contributed by atoms with Gasteiger partial charge in [0.2, 0.25) is 5.91 Å². The highest BCUT2D eigenvalue weighted by molar-refractivity contribution is 9.10. The summed E-state index contributed by atoms with van der Waals surface area (Å²) in [5, 5.41) is 6.09. The van der Waals surface area contributed by atoms with Crippen molar-refractivity contribution in [2.24, 2.45) is 0 Å². The minimum atomic E-state index is -0.437. The van der Waals surface area contributed by atoms with Gasteiger partial charge in [-0.15, -0.1) is 0 Å². The topological polar surface area (TPSA) is 54.0 Å². The maximum atomic E-state index is 12.0. The van der Waals surface area contributed by atoms with Crippen molar-refractivity contribution in [3.05, 3.63) is 22.9 Å². The van der Waals surface area contributed by atoms with E-state index in [1.165, 1.54) is 0 Å². The molecule has 1 unspecified atom stereocenters. The fourth-order valence-electron chi connectivity index (χ4n) is 1.81. The minimum absolute atomic E-state index is 0.00845. The van der Waals surface area contributed by atoms with E-state index in [0.29, 0.717) is 0 Å². The number of hydrogen-bond donors (Lipinski definition) is 2. The first-order chi connectivity index (χ1) is 7.60. The van der Waals surface area contributed by atoms with E-state index in [0.717, 1.165) is 29.7 Å². The Kier molecular flexibility index (Phi) is 3.25. The van der Waals surface area contributed by atoms with Crippen LogP contribution in [0.25, 0.3) is 0 Å². The van der Waals surface area contributed by atoms with E-state index >= 15 is 0 Å². The van der Waals surface area contributed by atoms with Crippen LogP contribution in [0, 0.1) is 0 Å². The number of amides is 1. The van der Waals surface area contributed by atoms with Gasteiger partial charge in [-0.1, -0.05) is 0 Å². The number of nitrogens with zero attached hydrogens (tertiary/aromatic N) is 1. The molecule has 1 aliphatic rings. The summed E-state index contributed by atoms with van der Waals surface area (Å²) in [6, 6.07) is 3.63. The number of aromatic nitrogens is 1. The van der Waals surface area contributed by atoms with E-state index in [9.17, 15) is 4.79 Å². The minimum Gasteiger partial charge on any atom is -0.323 e. The number of nitrogens with one attached hydrogen (secondary N) is 2. The van der Waals surface area contributed by atoms with E-state index in [1.54, 1.807) is 12.3 Å². The second kappa shape index (κ2) is 4.51. The van der Waals surface area contributed by atoms with Crippen molar-refractivity contribution in [3.63, 3.8) is 0 Å². The van der Waals surface area contributed by atoms with Gasteiger partial charge in [-0.05, 0) is 54.4 Å². The number of rotatable bonds is 2. The molecule has 0 radical (unpaired) electrons. The molecule has 1 aliphatic heterocycles. The van der Waals surface area contributed by atoms with Gasteiger partial charge in [0, 0.05) is 0 Å². The molecule has 2 rings (SSSR count). The fraction of sp³-hybridized carbons (Fsp3) is 0.455. The van der Waals surface area contributed by atoms with Crippen molar-refractivity contribution in [2.75, 3.05) is 11.9 Å². The molecule has 1 fully saturated rings. The van der Waals surface area contributed by atoms with Gasteiger partial charge in [-0.25, -0.2) is 4.98 Å². The Morgan fingerprint density at radius 3 is 3.00 bits per heavy atom. The van der Waals surface area contributed by atoms with Gasteiger partial charge in [0.1, 0.15) is 4.60 Å². The molecule has 5 heteroatoms. The number of carbonyl (C=O) groups excluding carboxylic acids is 1. The summed E-state index contributed by atoms with van der Waals surface area (Å²) in [6.07, 6.45) is 3.56. The predicted octanol–water partition coefficient (Wildman–Crippen LogP) is 1.92. The monoisotopic (exact) mass is 283 g/mol. The summed E-state index contributed by atoms with van der Waals surface area (Å²) in [6.45, 7) is 2.84. The normalized spacial score (nSPS) is 24.4. The van der Waals surface area contributed by atoms with Crippen LogP contribution in [-0.4, -0.2) is 23.0 Å².